The first kappa shape index (κ1) is 30.0. The third kappa shape index (κ3) is 55.5. The molecule has 0 fully saturated rings. The molecule has 8 heteroatoms. The third-order valence-corrected chi connectivity index (χ3v) is 0. The van der Waals surface area contributed by atoms with Crippen LogP contribution in [0, 0.1) is 0 Å². The van der Waals surface area contributed by atoms with Crippen molar-refractivity contribution < 1.29 is 124 Å². The van der Waals surface area contributed by atoms with E-state index in [1.165, 1.54) is 0 Å². The van der Waals surface area contributed by atoms with Crippen LogP contribution in [0.1, 0.15) is 1.43 Å². The average Bonchev–Trinajstić information content (AvgIpc) is 0.811. The molecule has 0 heterocycles. The van der Waals surface area contributed by atoms with Crippen molar-refractivity contribution in [1.82, 2.24) is 0 Å². The first-order valence-electron chi connectivity index (χ1n) is 0.707. The van der Waals surface area contributed by atoms with Crippen molar-refractivity contribution in [2.24, 2.45) is 0 Å². The molecule has 0 atom stereocenters. The predicted octanol–water partition coefficient (Wildman–Crippen LogP) is -15.8. The molecule has 0 bridgehead atoms. The van der Waals surface area contributed by atoms with Gasteiger partial charge in [0, 0.05) is 0 Å². The zero-order chi connectivity index (χ0) is 3.58. The molecule has 0 rings (SSSR count). The maximum atomic E-state index is 8.42. The van der Waals surface area contributed by atoms with Gasteiger partial charge in [-0.25, -0.2) is 0 Å². The molecule has 0 aromatic carbocycles. The molecule has 0 radical (unpaired) electrons. The summed E-state index contributed by atoms with van der Waals surface area (Å²) in [4.78, 5) is 0. The van der Waals surface area contributed by atoms with Gasteiger partial charge in [-0.2, -0.15) is 0 Å². The van der Waals surface area contributed by atoms with Crippen molar-refractivity contribution in [2.45, 2.75) is 0 Å². The van der Waals surface area contributed by atoms with Crippen LogP contribution < -0.4 is 123 Å². The molecule has 0 aliphatic carbocycles. The molecule has 26 valence electrons. The summed E-state index contributed by atoms with van der Waals surface area (Å²) in [6.45, 7) is 0. The minimum Gasteiger partial charge on any atom is -1.00 e. The maximum absolute atomic E-state index is 8.42. The van der Waals surface area contributed by atoms with Crippen LogP contribution in [0.15, 0.2) is 0 Å². The van der Waals surface area contributed by atoms with Crippen molar-refractivity contribution in [1.29, 1.82) is 0 Å². The molecule has 0 spiro atoms. The van der Waals surface area contributed by atoms with Gasteiger partial charge < -0.3 is 16.5 Å². The summed E-state index contributed by atoms with van der Waals surface area (Å²) >= 11 is 0. The van der Waals surface area contributed by atoms with Crippen LogP contribution in [0.3, 0.4) is 0 Å². The van der Waals surface area contributed by atoms with Gasteiger partial charge in [0.2, 0.25) is 0 Å². The fourth-order valence-corrected chi connectivity index (χ4v) is 0. The Morgan fingerprint density at radius 3 is 0.875 bits per heavy atom. The second kappa shape index (κ2) is 22.4. The molecule has 0 saturated heterocycles. The minimum absolute atomic E-state index is 0. The normalized spacial score (nSPS) is 3.38. The molecular formula is HBLiNa3O3. The molecule has 0 aliphatic rings. The number of hydrogen-bond donors (Lipinski definition) is 0. The summed E-state index contributed by atoms with van der Waals surface area (Å²) in [5.41, 5.74) is 0. The Kier molecular flexibility index (Phi) is 84.0. The summed E-state index contributed by atoms with van der Waals surface area (Å²) in [7, 11) is -2.92. The summed E-state index contributed by atoms with van der Waals surface area (Å²) in [5.74, 6) is 0. The van der Waals surface area contributed by atoms with Crippen LogP contribution in [-0.4, -0.2) is 7.32 Å². The predicted molar refractivity (Wildman–Crippen MR) is 6.87 cm³/mol. The van der Waals surface area contributed by atoms with E-state index in [1.807, 2.05) is 0 Å². The van der Waals surface area contributed by atoms with Gasteiger partial charge in [0.25, 0.3) is 0 Å². The van der Waals surface area contributed by atoms with E-state index in [9.17, 15) is 0 Å². The topological polar surface area (TPSA) is 69.2 Å². The largest absolute Gasteiger partial charge is 1.00 e. The Bertz CT molecular complexity index is 23.8. The average molecular weight is 136 g/mol. The van der Waals surface area contributed by atoms with Gasteiger partial charge >= 0.3 is 108 Å². The fraction of sp³-hybridized carbons (Fsp3) is 0. The van der Waals surface area contributed by atoms with E-state index < -0.39 is 7.32 Å². The Balaban J connectivity index is -0.00000000450. The molecule has 3 nitrogen and oxygen atoms in total. The van der Waals surface area contributed by atoms with E-state index in [2.05, 4.69) is 0 Å². The molecule has 0 N–H and O–H groups in total. The first-order chi connectivity index (χ1) is 1.73. The fourth-order valence-electron chi connectivity index (χ4n) is 0. The quantitative estimate of drug-likeness (QED) is 0.310. The monoisotopic (exact) mass is 136 g/mol. The van der Waals surface area contributed by atoms with Crippen molar-refractivity contribution in [3.05, 3.63) is 0 Å². The Hall–Kier alpha value is 3.54. The second-order valence-electron chi connectivity index (χ2n) is 0.289. The summed E-state index contributed by atoms with van der Waals surface area (Å²) in [5, 5.41) is 25.2. The molecule has 0 amide bonds. The second-order valence-corrected chi connectivity index (χ2v) is 0.289. The Labute approximate surface area is 129 Å². The molecule has 0 saturated carbocycles. The van der Waals surface area contributed by atoms with E-state index in [1.54, 1.807) is 0 Å². The van der Waals surface area contributed by atoms with E-state index in [0.29, 0.717) is 0 Å². The maximum Gasteiger partial charge on any atom is 1.00 e. The van der Waals surface area contributed by atoms with Gasteiger partial charge in [-0.3, -0.25) is 7.32 Å². The van der Waals surface area contributed by atoms with E-state index in [4.69, 9.17) is 15.1 Å². The molecule has 0 unspecified atom stereocenters. The SMILES string of the molecule is [H-].[Li+].[Na+].[Na+].[Na+].[O-]B([O-])[O-]. The molecule has 0 aromatic rings. The zero-order valence-corrected chi connectivity index (χ0v) is 11.8. The molecule has 0 aromatic heterocycles. The van der Waals surface area contributed by atoms with Crippen LogP contribution in [0.4, 0.5) is 0 Å². The van der Waals surface area contributed by atoms with Gasteiger partial charge in [0.15, 0.2) is 0 Å². The molecular weight excluding hydrogens is 135 g/mol. The Morgan fingerprint density at radius 1 is 0.875 bits per heavy atom. The van der Waals surface area contributed by atoms with Crippen LogP contribution in [0.2, 0.25) is 0 Å². The number of hydrogen-bond acceptors (Lipinski definition) is 3. The van der Waals surface area contributed by atoms with Crippen molar-refractivity contribution in [3.8, 4) is 0 Å². The van der Waals surface area contributed by atoms with Crippen molar-refractivity contribution in [3.63, 3.8) is 0 Å². The van der Waals surface area contributed by atoms with Gasteiger partial charge in [0.1, 0.15) is 0 Å². The van der Waals surface area contributed by atoms with E-state index in [-0.39, 0.29) is 109 Å². The van der Waals surface area contributed by atoms with Gasteiger partial charge in [-0.05, 0) is 0 Å². The summed E-state index contributed by atoms with van der Waals surface area (Å²) in [6, 6.07) is 0. The smallest absolute Gasteiger partial charge is 1.00 e. The van der Waals surface area contributed by atoms with Crippen LogP contribution in [0.25, 0.3) is 0 Å². The van der Waals surface area contributed by atoms with Crippen LogP contribution >= 0.6 is 0 Å². The van der Waals surface area contributed by atoms with Gasteiger partial charge in [-0.15, -0.1) is 0 Å². The third-order valence-electron chi connectivity index (χ3n) is 0. The first-order valence-corrected chi connectivity index (χ1v) is 0.707. The Morgan fingerprint density at radius 2 is 0.875 bits per heavy atom. The summed E-state index contributed by atoms with van der Waals surface area (Å²) < 4.78 is 0. The van der Waals surface area contributed by atoms with E-state index in [0.717, 1.165) is 0 Å². The standard InChI is InChI=1S/BO3.Li.3Na.H/c2-1(3)4;;;;;/q-3;4*+1;-1. The minimum atomic E-state index is -2.92. The zero-order valence-electron chi connectivity index (χ0n) is 6.80. The number of rotatable bonds is 0. The van der Waals surface area contributed by atoms with E-state index >= 15 is 0 Å². The van der Waals surface area contributed by atoms with Gasteiger partial charge in [0.05, 0.1) is 0 Å². The molecule has 8 heavy (non-hydrogen) atoms. The van der Waals surface area contributed by atoms with Crippen LogP contribution in [-0.2, 0) is 0 Å². The van der Waals surface area contributed by atoms with Crippen LogP contribution in [0.5, 0.6) is 0 Å². The van der Waals surface area contributed by atoms with Crippen molar-refractivity contribution in [2.75, 3.05) is 0 Å². The van der Waals surface area contributed by atoms with Crippen molar-refractivity contribution >= 4 is 7.32 Å². The van der Waals surface area contributed by atoms with Gasteiger partial charge in [-0.1, -0.05) is 0 Å². The summed E-state index contributed by atoms with van der Waals surface area (Å²) in [6.07, 6.45) is 0. The molecule has 0 aliphatic heterocycles.